The van der Waals surface area contributed by atoms with Crippen molar-refractivity contribution in [1.82, 2.24) is 4.90 Å². The highest BCUT2D eigenvalue weighted by molar-refractivity contribution is 5.80. The number of carboxylic acids is 1. The first-order valence-electron chi connectivity index (χ1n) is 8.25. The fraction of sp³-hybridized carbons (Fsp3) is 0.875. The lowest BCUT2D eigenvalue weighted by atomic mass is 9.79. The van der Waals surface area contributed by atoms with E-state index in [2.05, 4.69) is 6.92 Å². The molecular weight excluding hydrogens is 270 g/mol. The van der Waals surface area contributed by atoms with Crippen LogP contribution < -0.4 is 0 Å². The van der Waals surface area contributed by atoms with E-state index < -0.39 is 12.1 Å². The molecule has 1 atom stereocenters. The number of morpholine rings is 1. The molecule has 1 aliphatic carbocycles. The van der Waals surface area contributed by atoms with Gasteiger partial charge in [-0.3, -0.25) is 4.79 Å². The summed E-state index contributed by atoms with van der Waals surface area (Å²) in [7, 11) is 0. The van der Waals surface area contributed by atoms with Crippen molar-refractivity contribution in [3.63, 3.8) is 0 Å². The van der Waals surface area contributed by atoms with Crippen LogP contribution in [0.3, 0.4) is 0 Å². The minimum atomic E-state index is -0.976. The predicted octanol–water partition coefficient (Wildman–Crippen LogP) is 2.29. The molecule has 1 heterocycles. The van der Waals surface area contributed by atoms with Crippen LogP contribution in [0.1, 0.15) is 51.9 Å². The van der Waals surface area contributed by atoms with Crippen molar-refractivity contribution >= 4 is 11.9 Å². The van der Waals surface area contributed by atoms with Gasteiger partial charge in [-0.2, -0.15) is 0 Å². The highest BCUT2D eigenvalue weighted by Gasteiger charge is 2.34. The number of unbranched alkanes of at least 4 members (excludes halogenated alkanes) is 1. The Bertz CT molecular complexity index is 363. The summed E-state index contributed by atoms with van der Waals surface area (Å²) in [5, 5.41) is 9.00. The van der Waals surface area contributed by atoms with Crippen molar-refractivity contribution in [3.8, 4) is 0 Å². The summed E-state index contributed by atoms with van der Waals surface area (Å²) in [6.45, 7) is 3.27. The first-order chi connectivity index (χ1) is 10.1. The van der Waals surface area contributed by atoms with Crippen LogP contribution in [0.5, 0.6) is 0 Å². The molecule has 120 valence electrons. The van der Waals surface area contributed by atoms with Crippen molar-refractivity contribution in [2.45, 2.75) is 58.0 Å². The van der Waals surface area contributed by atoms with Gasteiger partial charge in [-0.1, -0.05) is 26.2 Å². The summed E-state index contributed by atoms with van der Waals surface area (Å²) >= 11 is 0. The molecule has 0 bridgehead atoms. The lowest BCUT2D eigenvalue weighted by molar-refractivity contribution is -0.161. The summed E-state index contributed by atoms with van der Waals surface area (Å²) in [5.74, 6) is 0.0372. The van der Waals surface area contributed by atoms with Crippen molar-refractivity contribution in [2.24, 2.45) is 11.8 Å². The van der Waals surface area contributed by atoms with E-state index in [1.54, 1.807) is 4.90 Å². The monoisotopic (exact) mass is 297 g/mol. The van der Waals surface area contributed by atoms with Crippen molar-refractivity contribution in [2.75, 3.05) is 19.7 Å². The Morgan fingerprint density at radius 2 is 1.95 bits per heavy atom. The van der Waals surface area contributed by atoms with Crippen LogP contribution in [0, 0.1) is 11.8 Å². The van der Waals surface area contributed by atoms with Crippen molar-refractivity contribution < 1.29 is 19.4 Å². The number of amides is 1. The number of carbonyl (C=O) groups excluding carboxylic acids is 1. The summed E-state index contributed by atoms with van der Waals surface area (Å²) in [5.41, 5.74) is 0. The number of hydrogen-bond acceptors (Lipinski definition) is 3. The quantitative estimate of drug-likeness (QED) is 0.845. The second-order valence-electron chi connectivity index (χ2n) is 6.34. The van der Waals surface area contributed by atoms with Gasteiger partial charge in [0.25, 0.3) is 0 Å². The van der Waals surface area contributed by atoms with Gasteiger partial charge >= 0.3 is 5.97 Å². The average molecular weight is 297 g/mol. The number of aliphatic carboxylic acids is 1. The molecule has 5 heteroatoms. The van der Waals surface area contributed by atoms with E-state index in [9.17, 15) is 9.59 Å². The van der Waals surface area contributed by atoms with Gasteiger partial charge in [0.15, 0.2) is 6.10 Å². The zero-order valence-corrected chi connectivity index (χ0v) is 12.9. The summed E-state index contributed by atoms with van der Waals surface area (Å²) in [4.78, 5) is 25.2. The standard InChI is InChI=1S/C16H27NO4/c1-2-3-4-12-5-7-13(8-6-12)15(18)17-9-10-21-14(11-17)16(19)20/h12-14H,2-11H2,1H3,(H,19,20). The smallest absolute Gasteiger partial charge is 0.334 e. The zero-order chi connectivity index (χ0) is 15.2. The third-order valence-electron chi connectivity index (χ3n) is 4.82. The van der Waals surface area contributed by atoms with Gasteiger partial charge in [0.05, 0.1) is 13.2 Å². The largest absolute Gasteiger partial charge is 0.479 e. The fourth-order valence-corrected chi connectivity index (χ4v) is 3.45. The molecule has 5 nitrogen and oxygen atoms in total. The predicted molar refractivity (Wildman–Crippen MR) is 78.9 cm³/mol. The molecule has 1 saturated carbocycles. The summed E-state index contributed by atoms with van der Waals surface area (Å²) < 4.78 is 5.18. The van der Waals surface area contributed by atoms with Crippen LogP contribution >= 0.6 is 0 Å². The van der Waals surface area contributed by atoms with E-state index in [0.717, 1.165) is 31.6 Å². The number of rotatable bonds is 5. The highest BCUT2D eigenvalue weighted by atomic mass is 16.5. The lowest BCUT2D eigenvalue weighted by Gasteiger charge is -2.35. The molecule has 0 aromatic heterocycles. The molecular formula is C16H27NO4. The maximum atomic E-state index is 12.5. The van der Waals surface area contributed by atoms with Crippen LogP contribution in [0.15, 0.2) is 0 Å². The molecule has 1 aliphatic heterocycles. The molecule has 0 radical (unpaired) electrons. The third-order valence-corrected chi connectivity index (χ3v) is 4.82. The van der Waals surface area contributed by atoms with Gasteiger partial charge in [0.1, 0.15) is 0 Å². The Balaban J connectivity index is 1.80. The molecule has 0 aromatic carbocycles. The number of ether oxygens (including phenoxy) is 1. The molecule has 2 rings (SSSR count). The Labute approximate surface area is 126 Å². The number of nitrogens with zero attached hydrogens (tertiary/aromatic N) is 1. The first kappa shape index (κ1) is 16.3. The molecule has 1 amide bonds. The minimum Gasteiger partial charge on any atom is -0.479 e. The van der Waals surface area contributed by atoms with E-state index >= 15 is 0 Å². The second-order valence-corrected chi connectivity index (χ2v) is 6.34. The second kappa shape index (κ2) is 7.78. The number of hydrogen-bond donors (Lipinski definition) is 1. The Hall–Kier alpha value is -1.10. The topological polar surface area (TPSA) is 66.8 Å². The molecule has 2 aliphatic rings. The molecule has 1 unspecified atom stereocenters. The first-order valence-corrected chi connectivity index (χ1v) is 8.25. The molecule has 0 spiro atoms. The maximum Gasteiger partial charge on any atom is 0.334 e. The molecule has 21 heavy (non-hydrogen) atoms. The van der Waals surface area contributed by atoms with Gasteiger partial charge in [-0.25, -0.2) is 4.79 Å². The van der Waals surface area contributed by atoms with Gasteiger partial charge in [-0.15, -0.1) is 0 Å². The van der Waals surface area contributed by atoms with Crippen LogP contribution in [0.25, 0.3) is 0 Å². The van der Waals surface area contributed by atoms with Crippen molar-refractivity contribution in [3.05, 3.63) is 0 Å². The fourth-order valence-electron chi connectivity index (χ4n) is 3.45. The summed E-state index contributed by atoms with van der Waals surface area (Å²) in [6.07, 6.45) is 7.16. The molecule has 1 N–H and O–H groups in total. The van der Waals surface area contributed by atoms with Crippen molar-refractivity contribution in [1.29, 1.82) is 0 Å². The minimum absolute atomic E-state index is 0.0930. The Kier molecular flexibility index (Phi) is 6.03. The normalized spacial score (nSPS) is 30.1. The third kappa shape index (κ3) is 4.43. The average Bonchev–Trinajstić information content (AvgIpc) is 2.53. The van der Waals surface area contributed by atoms with E-state index in [-0.39, 0.29) is 18.4 Å². The molecule has 0 aromatic rings. The van der Waals surface area contributed by atoms with E-state index in [0.29, 0.717) is 13.2 Å². The van der Waals surface area contributed by atoms with Gasteiger partial charge in [0, 0.05) is 12.5 Å². The van der Waals surface area contributed by atoms with Gasteiger partial charge in [-0.05, 0) is 31.6 Å². The van der Waals surface area contributed by atoms with Gasteiger partial charge < -0.3 is 14.7 Å². The van der Waals surface area contributed by atoms with Gasteiger partial charge in [0.2, 0.25) is 5.91 Å². The molecule has 2 fully saturated rings. The lowest BCUT2D eigenvalue weighted by Crippen LogP contribution is -2.50. The summed E-state index contributed by atoms with van der Waals surface area (Å²) in [6, 6.07) is 0. The maximum absolute atomic E-state index is 12.5. The Morgan fingerprint density at radius 1 is 1.24 bits per heavy atom. The Morgan fingerprint density at radius 3 is 2.57 bits per heavy atom. The van der Waals surface area contributed by atoms with Crippen LogP contribution in [-0.4, -0.2) is 47.7 Å². The van der Waals surface area contributed by atoms with Crippen LogP contribution in [0.4, 0.5) is 0 Å². The number of carbonyl (C=O) groups is 2. The molecule has 1 saturated heterocycles. The van der Waals surface area contributed by atoms with E-state index in [1.807, 2.05) is 0 Å². The van der Waals surface area contributed by atoms with Crippen LogP contribution in [-0.2, 0) is 14.3 Å². The highest BCUT2D eigenvalue weighted by Crippen LogP contribution is 2.33. The van der Waals surface area contributed by atoms with Crippen LogP contribution in [0.2, 0.25) is 0 Å². The SMILES string of the molecule is CCCCC1CCC(C(=O)N2CCOC(C(=O)O)C2)CC1. The number of carboxylic acid groups (broad SMARTS) is 1. The zero-order valence-electron chi connectivity index (χ0n) is 12.9. The van der Waals surface area contributed by atoms with E-state index in [1.165, 1.54) is 19.3 Å². The van der Waals surface area contributed by atoms with E-state index in [4.69, 9.17) is 9.84 Å².